The van der Waals surface area contributed by atoms with Crippen molar-refractivity contribution in [1.82, 2.24) is 30.1 Å². The highest BCUT2D eigenvalue weighted by molar-refractivity contribution is 5.97. The van der Waals surface area contributed by atoms with Gasteiger partial charge in [0, 0.05) is 34.6 Å². The number of H-pyrrole nitrogens is 2. The summed E-state index contributed by atoms with van der Waals surface area (Å²) in [6, 6.07) is 16.5. The van der Waals surface area contributed by atoms with E-state index in [0.29, 0.717) is 34.2 Å². The van der Waals surface area contributed by atoms with E-state index in [1.807, 2.05) is 36.7 Å². The van der Waals surface area contributed by atoms with Crippen molar-refractivity contribution < 1.29 is 4.39 Å². The minimum atomic E-state index is -0.316. The largest absolute Gasteiger partial charge is 0.358 e. The average Bonchev–Trinajstić information content (AvgIpc) is 3.55. The van der Waals surface area contributed by atoms with Gasteiger partial charge >= 0.3 is 0 Å². The molecule has 7 nitrogen and oxygen atoms in total. The summed E-state index contributed by atoms with van der Waals surface area (Å²) < 4.78 is 13.9. The number of hydrogen-bond acceptors (Lipinski definition) is 5. The lowest BCUT2D eigenvalue weighted by molar-refractivity contribution is 0.628. The number of anilines is 1. The van der Waals surface area contributed by atoms with Crippen LogP contribution < -0.4 is 5.32 Å². The second-order valence-electron chi connectivity index (χ2n) is 9.37. The Morgan fingerprint density at radius 1 is 0.946 bits per heavy atom. The molecule has 0 atom stereocenters. The maximum Gasteiger partial charge on any atom is 0.159 e. The molecule has 3 N–H and O–H groups in total. The number of pyridine rings is 2. The number of halogens is 1. The smallest absolute Gasteiger partial charge is 0.159 e. The molecule has 0 amide bonds. The number of allylic oxidation sites excluding steroid dienone is 1. The summed E-state index contributed by atoms with van der Waals surface area (Å²) in [4.78, 5) is 17.1. The van der Waals surface area contributed by atoms with Gasteiger partial charge in [-0.1, -0.05) is 24.8 Å². The lowest BCUT2D eigenvalue weighted by atomic mass is 10.0. The van der Waals surface area contributed by atoms with Gasteiger partial charge in [-0.2, -0.15) is 5.10 Å². The quantitative estimate of drug-likeness (QED) is 0.243. The molecule has 1 saturated carbocycles. The number of hydrogen-bond donors (Lipinski definition) is 3. The van der Waals surface area contributed by atoms with Gasteiger partial charge in [-0.25, -0.2) is 9.37 Å². The molecule has 1 aliphatic rings. The van der Waals surface area contributed by atoms with Crippen molar-refractivity contribution in [2.45, 2.75) is 12.8 Å². The molecule has 4 aromatic heterocycles. The van der Waals surface area contributed by atoms with E-state index < -0.39 is 0 Å². The standard InChI is InChI=1S/C29H22FN7/c1-16(17-5-6-17)33-22-12-20(14-31-15-22)18-7-8-24-23(13-18)27(37-36-24)29-34-25-9-10-32-26(28(25)35-29)19-3-2-4-21(30)11-19/h2-4,7-15,17,33H,1,5-6H2,(H,34,35)(H,36,37). The van der Waals surface area contributed by atoms with Crippen LogP contribution in [0, 0.1) is 11.7 Å². The topological polar surface area (TPSA) is 95.2 Å². The number of nitrogens with one attached hydrogen (secondary N) is 3. The third kappa shape index (κ3) is 3.92. The highest BCUT2D eigenvalue weighted by Gasteiger charge is 2.24. The van der Waals surface area contributed by atoms with Crippen LogP contribution in [0.15, 0.2) is 85.5 Å². The van der Waals surface area contributed by atoms with Gasteiger partial charge in [-0.15, -0.1) is 0 Å². The first kappa shape index (κ1) is 21.4. The summed E-state index contributed by atoms with van der Waals surface area (Å²) in [5, 5.41) is 12.0. The minimum Gasteiger partial charge on any atom is -0.358 e. The van der Waals surface area contributed by atoms with Crippen molar-refractivity contribution in [3.05, 3.63) is 91.3 Å². The van der Waals surface area contributed by atoms with Crippen LogP contribution in [0.5, 0.6) is 0 Å². The maximum absolute atomic E-state index is 13.9. The first-order valence-corrected chi connectivity index (χ1v) is 12.1. The van der Waals surface area contributed by atoms with E-state index in [4.69, 9.17) is 4.98 Å². The molecule has 7 rings (SSSR count). The molecular weight excluding hydrogens is 465 g/mol. The fourth-order valence-corrected chi connectivity index (χ4v) is 4.65. The second kappa shape index (κ2) is 8.37. The lowest BCUT2D eigenvalue weighted by Crippen LogP contribution is -2.00. The molecule has 0 unspecified atom stereocenters. The van der Waals surface area contributed by atoms with Crippen molar-refractivity contribution >= 4 is 27.6 Å². The summed E-state index contributed by atoms with van der Waals surface area (Å²) >= 11 is 0. The Bertz CT molecular complexity index is 1810. The zero-order valence-corrected chi connectivity index (χ0v) is 19.8. The van der Waals surface area contributed by atoms with E-state index in [0.717, 1.165) is 38.9 Å². The van der Waals surface area contributed by atoms with Gasteiger partial charge in [0.2, 0.25) is 0 Å². The number of benzene rings is 2. The molecule has 0 radical (unpaired) electrons. The summed E-state index contributed by atoms with van der Waals surface area (Å²) in [5.41, 5.74) is 8.32. The molecule has 4 heterocycles. The minimum absolute atomic E-state index is 0.316. The van der Waals surface area contributed by atoms with Gasteiger partial charge in [-0.3, -0.25) is 15.1 Å². The van der Waals surface area contributed by atoms with Gasteiger partial charge in [0.25, 0.3) is 0 Å². The van der Waals surface area contributed by atoms with Crippen LogP contribution in [0.25, 0.3) is 55.8 Å². The number of fused-ring (bicyclic) bond motifs is 2. The van der Waals surface area contributed by atoms with Crippen molar-refractivity contribution in [2.75, 3.05) is 5.32 Å². The van der Waals surface area contributed by atoms with E-state index in [1.54, 1.807) is 12.3 Å². The normalized spacial score (nSPS) is 13.3. The molecule has 1 aliphatic carbocycles. The van der Waals surface area contributed by atoms with E-state index in [1.165, 1.54) is 25.0 Å². The Morgan fingerprint density at radius 2 is 1.86 bits per heavy atom. The van der Waals surface area contributed by atoms with Gasteiger partial charge in [-0.05, 0) is 60.7 Å². The Labute approximate surface area is 211 Å². The van der Waals surface area contributed by atoms with Crippen LogP contribution in [0.3, 0.4) is 0 Å². The van der Waals surface area contributed by atoms with Crippen LogP contribution >= 0.6 is 0 Å². The van der Waals surface area contributed by atoms with E-state index in [9.17, 15) is 4.39 Å². The number of aromatic nitrogens is 6. The number of aromatic amines is 2. The summed E-state index contributed by atoms with van der Waals surface area (Å²) in [6.45, 7) is 4.16. The average molecular weight is 488 g/mol. The molecule has 0 spiro atoms. The van der Waals surface area contributed by atoms with E-state index >= 15 is 0 Å². The third-order valence-corrected chi connectivity index (χ3v) is 6.73. The van der Waals surface area contributed by atoms with Crippen LogP contribution in [-0.4, -0.2) is 30.1 Å². The summed E-state index contributed by atoms with van der Waals surface area (Å²) in [7, 11) is 0. The molecule has 6 aromatic rings. The molecular formula is C29H22FN7. The number of imidazole rings is 1. The second-order valence-corrected chi connectivity index (χ2v) is 9.37. The molecule has 8 heteroatoms. The zero-order chi connectivity index (χ0) is 24.9. The fourth-order valence-electron chi connectivity index (χ4n) is 4.65. The Morgan fingerprint density at radius 3 is 2.73 bits per heavy atom. The molecule has 0 aliphatic heterocycles. The first-order valence-electron chi connectivity index (χ1n) is 12.1. The first-order chi connectivity index (χ1) is 18.1. The van der Waals surface area contributed by atoms with Crippen molar-refractivity contribution in [3.63, 3.8) is 0 Å². The molecule has 0 saturated heterocycles. The van der Waals surface area contributed by atoms with E-state index in [-0.39, 0.29) is 5.82 Å². The van der Waals surface area contributed by atoms with Gasteiger partial charge in [0.05, 0.1) is 28.6 Å². The summed E-state index contributed by atoms with van der Waals surface area (Å²) in [5.74, 6) is 0.857. The predicted octanol–water partition coefficient (Wildman–Crippen LogP) is 6.70. The Kier molecular flexibility index (Phi) is 4.85. The van der Waals surface area contributed by atoms with Crippen LogP contribution in [0.4, 0.5) is 10.1 Å². The summed E-state index contributed by atoms with van der Waals surface area (Å²) in [6.07, 6.45) is 7.75. The molecule has 0 bridgehead atoms. The maximum atomic E-state index is 13.9. The third-order valence-electron chi connectivity index (χ3n) is 6.73. The fraction of sp³-hybridized carbons (Fsp3) is 0.103. The Balaban J connectivity index is 1.28. The molecule has 180 valence electrons. The number of nitrogens with zero attached hydrogens (tertiary/aromatic N) is 4. The molecule has 1 fully saturated rings. The van der Waals surface area contributed by atoms with Crippen LogP contribution in [0.2, 0.25) is 0 Å². The van der Waals surface area contributed by atoms with Crippen LogP contribution in [-0.2, 0) is 0 Å². The number of rotatable bonds is 6. The van der Waals surface area contributed by atoms with Gasteiger partial charge in [0.1, 0.15) is 17.0 Å². The van der Waals surface area contributed by atoms with Crippen molar-refractivity contribution in [3.8, 4) is 33.9 Å². The van der Waals surface area contributed by atoms with Crippen molar-refractivity contribution in [2.24, 2.45) is 5.92 Å². The zero-order valence-electron chi connectivity index (χ0n) is 19.8. The highest BCUT2D eigenvalue weighted by Crippen LogP contribution is 2.36. The molecule has 2 aromatic carbocycles. The monoisotopic (exact) mass is 487 g/mol. The van der Waals surface area contributed by atoms with Gasteiger partial charge < -0.3 is 10.3 Å². The SMILES string of the molecule is C=C(Nc1cncc(-c2ccc3[nH]nc(-c4nc5c(-c6cccc(F)c6)nccc5[nH]4)c3c2)c1)C1CC1. The molecule has 37 heavy (non-hydrogen) atoms. The van der Waals surface area contributed by atoms with Gasteiger partial charge in [0.15, 0.2) is 5.82 Å². The highest BCUT2D eigenvalue weighted by atomic mass is 19.1. The lowest BCUT2D eigenvalue weighted by Gasteiger charge is -2.10. The Hall–Kier alpha value is -4.85. The van der Waals surface area contributed by atoms with Crippen molar-refractivity contribution in [1.29, 1.82) is 0 Å². The van der Waals surface area contributed by atoms with Crippen LogP contribution in [0.1, 0.15) is 12.8 Å². The van der Waals surface area contributed by atoms with E-state index in [2.05, 4.69) is 49.2 Å². The predicted molar refractivity (Wildman–Crippen MR) is 143 cm³/mol.